The van der Waals surface area contributed by atoms with Crippen LogP contribution in [0, 0.1) is 0 Å². The zero-order valence-electron chi connectivity index (χ0n) is 10.6. The van der Waals surface area contributed by atoms with E-state index in [0.29, 0.717) is 0 Å². The average molecular weight is 223 g/mol. The van der Waals surface area contributed by atoms with Crippen LogP contribution in [-0.2, 0) is 6.54 Å². The third-order valence-electron chi connectivity index (χ3n) is 2.26. The van der Waals surface area contributed by atoms with Gasteiger partial charge in [0.25, 0.3) is 0 Å². The van der Waals surface area contributed by atoms with Gasteiger partial charge in [-0.15, -0.1) is 0 Å². The molecule has 0 atom stereocenters. The van der Waals surface area contributed by atoms with Gasteiger partial charge in [-0.05, 0) is 12.1 Å². The fourth-order valence-corrected chi connectivity index (χ4v) is 5.00. The molecule has 0 aliphatic rings. The molecule has 1 aromatic rings. The fraction of sp³-hybridized carbons (Fsp3) is 0.583. The Morgan fingerprint density at radius 1 is 1.13 bits per heavy atom. The lowest BCUT2D eigenvalue weighted by atomic mass is 10.2. The Kier molecular flexibility index (Phi) is 3.68. The number of hydrogen-bond acceptors (Lipinski definition) is 1. The molecule has 1 rings (SSSR count). The number of aromatic nitrogens is 1. The summed E-state index contributed by atoms with van der Waals surface area (Å²) in [5.41, 5.74) is 1.38. The van der Waals surface area contributed by atoms with Crippen molar-refractivity contribution in [3.05, 3.63) is 30.1 Å². The third-order valence-corrected chi connectivity index (χ3v) is 4.07. The highest BCUT2D eigenvalue weighted by atomic mass is 28.3. The van der Waals surface area contributed by atoms with Crippen LogP contribution in [0.2, 0.25) is 19.6 Å². The molecular weight excluding hydrogens is 200 g/mol. The molecule has 0 radical (unpaired) electrons. The van der Waals surface area contributed by atoms with Crippen molar-refractivity contribution in [1.29, 1.82) is 0 Å². The van der Waals surface area contributed by atoms with Gasteiger partial charge >= 0.3 is 0 Å². The monoisotopic (exact) mass is 223 g/mol. The normalized spacial score (nSPS) is 12.9. The molecule has 0 saturated carbocycles. The van der Waals surface area contributed by atoms with Crippen LogP contribution in [0.1, 0.15) is 5.56 Å². The van der Waals surface area contributed by atoms with E-state index < -0.39 is 8.07 Å². The van der Waals surface area contributed by atoms with Crippen molar-refractivity contribution < 1.29 is 4.48 Å². The van der Waals surface area contributed by atoms with Crippen LogP contribution in [0.4, 0.5) is 0 Å². The Morgan fingerprint density at radius 3 is 2.13 bits per heavy atom. The smallest absolute Gasteiger partial charge is 0.110 e. The molecular formula is C12H23N2Si+. The van der Waals surface area contributed by atoms with E-state index in [2.05, 4.69) is 50.9 Å². The molecule has 1 heterocycles. The molecule has 15 heavy (non-hydrogen) atoms. The minimum Gasteiger partial charge on any atom is -0.328 e. The van der Waals surface area contributed by atoms with Gasteiger partial charge in [-0.25, -0.2) is 0 Å². The molecule has 0 aliphatic heterocycles. The summed E-state index contributed by atoms with van der Waals surface area (Å²) >= 11 is 0. The maximum absolute atomic E-state index is 4.05. The Morgan fingerprint density at radius 2 is 1.67 bits per heavy atom. The minimum absolute atomic E-state index is 0.990. The van der Waals surface area contributed by atoms with Gasteiger partial charge in [-0.3, -0.25) is 4.98 Å². The molecule has 0 aromatic carbocycles. The van der Waals surface area contributed by atoms with Gasteiger partial charge in [0.05, 0.1) is 20.3 Å². The summed E-state index contributed by atoms with van der Waals surface area (Å²) in [7, 11) is 3.65. The van der Waals surface area contributed by atoms with Crippen LogP contribution in [0.15, 0.2) is 24.5 Å². The molecule has 0 fully saturated rings. The van der Waals surface area contributed by atoms with Crippen LogP contribution in [0.3, 0.4) is 0 Å². The van der Waals surface area contributed by atoms with E-state index in [1.54, 1.807) is 0 Å². The van der Waals surface area contributed by atoms with Gasteiger partial charge in [-0.2, -0.15) is 0 Å². The number of nitrogens with zero attached hydrogens (tertiary/aromatic N) is 2. The minimum atomic E-state index is -0.990. The quantitative estimate of drug-likeness (QED) is 0.565. The molecule has 0 spiro atoms. The van der Waals surface area contributed by atoms with E-state index in [1.807, 2.05) is 12.4 Å². The second kappa shape index (κ2) is 4.45. The van der Waals surface area contributed by atoms with E-state index >= 15 is 0 Å². The lowest BCUT2D eigenvalue weighted by molar-refractivity contribution is -0.894. The molecule has 0 unspecified atom stereocenters. The predicted molar refractivity (Wildman–Crippen MR) is 68.3 cm³/mol. The molecule has 84 valence electrons. The van der Waals surface area contributed by atoms with Gasteiger partial charge in [0, 0.05) is 18.0 Å². The number of rotatable bonds is 4. The highest BCUT2D eigenvalue weighted by Crippen LogP contribution is 2.13. The van der Waals surface area contributed by atoms with E-state index in [1.165, 1.54) is 11.7 Å². The summed E-state index contributed by atoms with van der Waals surface area (Å²) in [5.74, 6) is 0. The van der Waals surface area contributed by atoms with Crippen molar-refractivity contribution in [2.24, 2.45) is 0 Å². The van der Waals surface area contributed by atoms with E-state index in [0.717, 1.165) is 11.0 Å². The summed E-state index contributed by atoms with van der Waals surface area (Å²) in [4.78, 5) is 4.05. The van der Waals surface area contributed by atoms with Gasteiger partial charge < -0.3 is 4.48 Å². The van der Waals surface area contributed by atoms with E-state index in [4.69, 9.17) is 0 Å². The number of pyridine rings is 1. The first kappa shape index (κ1) is 12.4. The first-order chi connectivity index (χ1) is 6.79. The van der Waals surface area contributed by atoms with Crippen molar-refractivity contribution in [3.63, 3.8) is 0 Å². The molecule has 0 amide bonds. The van der Waals surface area contributed by atoms with Crippen molar-refractivity contribution in [2.45, 2.75) is 26.2 Å². The van der Waals surface area contributed by atoms with Crippen LogP contribution >= 0.6 is 0 Å². The summed E-state index contributed by atoms with van der Waals surface area (Å²) in [6, 6.07) is 4.23. The van der Waals surface area contributed by atoms with Crippen molar-refractivity contribution in [2.75, 3.05) is 20.3 Å². The van der Waals surface area contributed by atoms with Crippen molar-refractivity contribution in [3.8, 4) is 0 Å². The van der Waals surface area contributed by atoms with Crippen LogP contribution in [0.5, 0.6) is 0 Å². The Hall–Kier alpha value is -0.673. The second-order valence-corrected chi connectivity index (χ2v) is 11.6. The first-order valence-corrected chi connectivity index (χ1v) is 9.20. The number of hydrogen-bond donors (Lipinski definition) is 0. The first-order valence-electron chi connectivity index (χ1n) is 5.49. The Bertz CT molecular complexity index is 301. The van der Waals surface area contributed by atoms with Crippen LogP contribution in [0.25, 0.3) is 0 Å². The van der Waals surface area contributed by atoms with Gasteiger partial charge in [0.2, 0.25) is 0 Å². The van der Waals surface area contributed by atoms with Gasteiger partial charge in [0.1, 0.15) is 14.6 Å². The van der Waals surface area contributed by atoms with Crippen LogP contribution in [-0.4, -0.2) is 37.8 Å². The molecule has 0 aliphatic carbocycles. The lowest BCUT2D eigenvalue weighted by Crippen LogP contribution is -2.49. The highest BCUT2D eigenvalue weighted by molar-refractivity contribution is 6.75. The average Bonchev–Trinajstić information content (AvgIpc) is 1.99. The topological polar surface area (TPSA) is 12.9 Å². The predicted octanol–water partition coefficient (Wildman–Crippen LogP) is 2.54. The highest BCUT2D eigenvalue weighted by Gasteiger charge is 2.26. The summed E-state index contributed by atoms with van der Waals surface area (Å²) in [6.07, 6.45) is 5.07. The largest absolute Gasteiger partial charge is 0.328 e. The zero-order chi connectivity index (χ0) is 11.5. The second-order valence-electron chi connectivity index (χ2n) is 6.17. The molecule has 2 nitrogen and oxygen atoms in total. The van der Waals surface area contributed by atoms with Gasteiger partial charge in [-0.1, -0.05) is 19.6 Å². The fourth-order valence-electron chi connectivity index (χ4n) is 2.32. The van der Waals surface area contributed by atoms with Gasteiger partial charge in [0.15, 0.2) is 0 Å². The lowest BCUT2D eigenvalue weighted by Gasteiger charge is -2.35. The molecule has 0 N–H and O–H groups in total. The Labute approximate surface area is 94.6 Å². The molecule has 1 aromatic heterocycles. The van der Waals surface area contributed by atoms with Crippen LogP contribution < -0.4 is 0 Å². The third kappa shape index (κ3) is 5.09. The molecule has 0 saturated heterocycles. The summed E-state index contributed by atoms with van der Waals surface area (Å²) < 4.78 is 1.08. The maximum Gasteiger partial charge on any atom is 0.110 e. The van der Waals surface area contributed by atoms with E-state index in [-0.39, 0.29) is 0 Å². The zero-order valence-corrected chi connectivity index (χ0v) is 11.6. The number of quaternary nitrogens is 1. The van der Waals surface area contributed by atoms with Crippen molar-refractivity contribution >= 4 is 8.07 Å². The van der Waals surface area contributed by atoms with E-state index in [9.17, 15) is 0 Å². The maximum atomic E-state index is 4.05. The SMILES string of the molecule is C[N+](C)(Cc1ccncc1)C[Si](C)(C)C. The summed E-state index contributed by atoms with van der Waals surface area (Å²) in [5, 5.41) is 0. The standard InChI is InChI=1S/C12H23N2Si/c1-14(2,11-15(3,4)5)10-12-6-8-13-9-7-12/h6-9H,10-11H2,1-5H3/q+1. The molecule has 3 heteroatoms. The Balaban J connectivity index is 2.65. The molecule has 0 bridgehead atoms. The van der Waals surface area contributed by atoms with Crippen molar-refractivity contribution in [1.82, 2.24) is 4.98 Å². The summed E-state index contributed by atoms with van der Waals surface area (Å²) in [6.45, 7) is 8.39.